The third kappa shape index (κ3) is 1.24. The highest BCUT2D eigenvalue weighted by molar-refractivity contribution is 9.10. The molecule has 2 heterocycles. The molecule has 2 rings (SSSR count). The normalized spacial score (nSPS) is 10.1. The molecule has 0 fully saturated rings. The predicted molar refractivity (Wildman–Crippen MR) is 55.4 cm³/mol. The van der Waals surface area contributed by atoms with Gasteiger partial charge >= 0.3 is 0 Å². The number of aromatic amines is 1. The summed E-state index contributed by atoms with van der Waals surface area (Å²) in [7, 11) is 1.81. The first kappa shape index (κ1) is 9.03. The summed E-state index contributed by atoms with van der Waals surface area (Å²) < 4.78 is 2.40. The highest BCUT2D eigenvalue weighted by Gasteiger charge is 2.15. The van der Waals surface area contributed by atoms with E-state index in [-0.39, 0.29) is 0 Å². The van der Waals surface area contributed by atoms with Gasteiger partial charge < -0.3 is 4.98 Å². The Morgan fingerprint density at radius 3 is 2.93 bits per heavy atom. The standard InChI is InChI=1S/C9H7BrN4/c1-14-9(6-3-2-4-12-6)8(10)7(5-11)13-14/h2-4,12H,1H3. The van der Waals surface area contributed by atoms with Crippen molar-refractivity contribution in [3.63, 3.8) is 0 Å². The number of aryl methyl sites for hydroxylation is 1. The Kier molecular flexibility index (Phi) is 2.14. The van der Waals surface area contributed by atoms with Crippen LogP contribution in [-0.2, 0) is 7.05 Å². The average molecular weight is 251 g/mol. The van der Waals surface area contributed by atoms with Crippen LogP contribution in [0.4, 0.5) is 0 Å². The second-order valence-corrected chi connectivity index (χ2v) is 3.62. The lowest BCUT2D eigenvalue weighted by molar-refractivity contribution is 0.769. The van der Waals surface area contributed by atoms with Crippen LogP contribution < -0.4 is 0 Å². The smallest absolute Gasteiger partial charge is 0.177 e. The maximum Gasteiger partial charge on any atom is 0.177 e. The Balaban J connectivity index is 2.66. The van der Waals surface area contributed by atoms with Crippen molar-refractivity contribution in [3.8, 4) is 17.5 Å². The molecule has 0 aliphatic rings. The first-order chi connectivity index (χ1) is 6.74. The molecule has 0 bridgehead atoms. The molecule has 5 heteroatoms. The summed E-state index contributed by atoms with van der Waals surface area (Å²) in [6, 6.07) is 5.86. The lowest BCUT2D eigenvalue weighted by Crippen LogP contribution is -1.93. The SMILES string of the molecule is Cn1nc(C#N)c(Br)c1-c1ccc[nH]1. The molecule has 0 aliphatic heterocycles. The molecular formula is C9H7BrN4. The van der Waals surface area contributed by atoms with Crippen LogP contribution >= 0.6 is 15.9 Å². The fourth-order valence-corrected chi connectivity index (χ4v) is 1.98. The Labute approximate surface area is 89.3 Å². The largest absolute Gasteiger partial charge is 0.360 e. The van der Waals surface area contributed by atoms with E-state index >= 15 is 0 Å². The number of nitriles is 1. The van der Waals surface area contributed by atoms with Gasteiger partial charge in [0.1, 0.15) is 6.07 Å². The zero-order valence-corrected chi connectivity index (χ0v) is 9.04. The van der Waals surface area contributed by atoms with Crippen molar-refractivity contribution >= 4 is 15.9 Å². The predicted octanol–water partition coefficient (Wildman–Crippen LogP) is 2.05. The van der Waals surface area contributed by atoms with Gasteiger partial charge in [-0.3, -0.25) is 4.68 Å². The highest BCUT2D eigenvalue weighted by Crippen LogP contribution is 2.28. The molecule has 70 valence electrons. The quantitative estimate of drug-likeness (QED) is 0.843. The van der Waals surface area contributed by atoms with Crippen molar-refractivity contribution in [2.75, 3.05) is 0 Å². The number of aromatic nitrogens is 3. The molecule has 0 atom stereocenters. The van der Waals surface area contributed by atoms with Crippen LogP contribution in [0.1, 0.15) is 5.69 Å². The summed E-state index contributed by atoms with van der Waals surface area (Å²) >= 11 is 3.36. The second-order valence-electron chi connectivity index (χ2n) is 2.83. The molecule has 0 aliphatic carbocycles. The second kappa shape index (κ2) is 3.31. The van der Waals surface area contributed by atoms with Gasteiger partial charge in [0.2, 0.25) is 0 Å². The van der Waals surface area contributed by atoms with E-state index in [2.05, 4.69) is 26.0 Å². The van der Waals surface area contributed by atoms with Gasteiger partial charge in [-0.1, -0.05) is 0 Å². The van der Waals surface area contributed by atoms with E-state index < -0.39 is 0 Å². The molecule has 14 heavy (non-hydrogen) atoms. The molecule has 0 saturated heterocycles. The number of hydrogen-bond donors (Lipinski definition) is 1. The first-order valence-corrected chi connectivity index (χ1v) is 4.79. The number of nitrogens with zero attached hydrogens (tertiary/aromatic N) is 3. The zero-order chi connectivity index (χ0) is 10.1. The minimum Gasteiger partial charge on any atom is -0.360 e. The summed E-state index contributed by atoms with van der Waals surface area (Å²) in [6.07, 6.45) is 1.83. The number of nitrogens with one attached hydrogen (secondary N) is 1. The van der Waals surface area contributed by atoms with Crippen LogP contribution in [0.15, 0.2) is 22.8 Å². The van der Waals surface area contributed by atoms with E-state index in [9.17, 15) is 0 Å². The minimum atomic E-state index is 0.400. The van der Waals surface area contributed by atoms with E-state index in [0.717, 1.165) is 15.9 Å². The Bertz CT molecular complexity index is 490. The number of hydrogen-bond acceptors (Lipinski definition) is 2. The molecule has 0 spiro atoms. The molecule has 1 N–H and O–H groups in total. The van der Waals surface area contributed by atoms with Crippen LogP contribution in [0.3, 0.4) is 0 Å². The van der Waals surface area contributed by atoms with Crippen molar-refractivity contribution in [3.05, 3.63) is 28.5 Å². The van der Waals surface area contributed by atoms with Crippen LogP contribution in [-0.4, -0.2) is 14.8 Å². The topological polar surface area (TPSA) is 57.4 Å². The molecular weight excluding hydrogens is 244 g/mol. The van der Waals surface area contributed by atoms with E-state index in [1.165, 1.54) is 0 Å². The van der Waals surface area contributed by atoms with Crippen LogP contribution in [0.5, 0.6) is 0 Å². The average Bonchev–Trinajstić information content (AvgIpc) is 2.74. The van der Waals surface area contributed by atoms with E-state index in [1.807, 2.05) is 31.4 Å². The third-order valence-electron chi connectivity index (χ3n) is 1.95. The number of halogens is 1. The number of rotatable bonds is 1. The van der Waals surface area contributed by atoms with Gasteiger partial charge in [-0.05, 0) is 28.1 Å². The molecule has 0 saturated carbocycles. The summed E-state index contributed by atoms with van der Waals surface area (Å²) in [5.41, 5.74) is 2.22. The Morgan fingerprint density at radius 1 is 1.64 bits per heavy atom. The lowest BCUT2D eigenvalue weighted by Gasteiger charge is -1.98. The minimum absolute atomic E-state index is 0.400. The van der Waals surface area contributed by atoms with Crippen LogP contribution in [0.2, 0.25) is 0 Å². The molecule has 0 radical (unpaired) electrons. The van der Waals surface area contributed by atoms with Gasteiger partial charge in [-0.25, -0.2) is 0 Å². The van der Waals surface area contributed by atoms with Crippen molar-refractivity contribution in [1.82, 2.24) is 14.8 Å². The molecule has 2 aromatic heterocycles. The van der Waals surface area contributed by atoms with Gasteiger partial charge in [-0.2, -0.15) is 10.4 Å². The molecule has 0 aromatic carbocycles. The molecule has 0 amide bonds. The maximum atomic E-state index is 8.79. The van der Waals surface area contributed by atoms with E-state index in [1.54, 1.807) is 4.68 Å². The van der Waals surface area contributed by atoms with Crippen molar-refractivity contribution < 1.29 is 0 Å². The Morgan fingerprint density at radius 2 is 2.43 bits per heavy atom. The highest BCUT2D eigenvalue weighted by atomic mass is 79.9. The van der Waals surface area contributed by atoms with Crippen molar-refractivity contribution in [1.29, 1.82) is 5.26 Å². The van der Waals surface area contributed by atoms with E-state index in [0.29, 0.717) is 5.69 Å². The fraction of sp³-hybridized carbons (Fsp3) is 0.111. The van der Waals surface area contributed by atoms with Crippen molar-refractivity contribution in [2.24, 2.45) is 7.05 Å². The summed E-state index contributed by atoms with van der Waals surface area (Å²) in [6.45, 7) is 0. The molecule has 0 unspecified atom stereocenters. The van der Waals surface area contributed by atoms with Gasteiger partial charge in [0.05, 0.1) is 15.9 Å². The van der Waals surface area contributed by atoms with Crippen LogP contribution in [0.25, 0.3) is 11.4 Å². The van der Waals surface area contributed by atoms with Crippen molar-refractivity contribution in [2.45, 2.75) is 0 Å². The summed E-state index contributed by atoms with van der Waals surface area (Å²) in [5, 5.41) is 12.9. The van der Waals surface area contributed by atoms with Gasteiger partial charge in [0, 0.05) is 13.2 Å². The fourth-order valence-electron chi connectivity index (χ4n) is 1.34. The summed E-state index contributed by atoms with van der Waals surface area (Å²) in [4.78, 5) is 3.07. The van der Waals surface area contributed by atoms with Gasteiger partial charge in [-0.15, -0.1) is 0 Å². The zero-order valence-electron chi connectivity index (χ0n) is 7.45. The summed E-state index contributed by atoms with van der Waals surface area (Å²) in [5.74, 6) is 0. The monoisotopic (exact) mass is 250 g/mol. The van der Waals surface area contributed by atoms with Gasteiger partial charge in [0.25, 0.3) is 0 Å². The van der Waals surface area contributed by atoms with Crippen LogP contribution in [0, 0.1) is 11.3 Å². The first-order valence-electron chi connectivity index (χ1n) is 4.00. The number of H-pyrrole nitrogens is 1. The third-order valence-corrected chi connectivity index (χ3v) is 2.70. The van der Waals surface area contributed by atoms with E-state index in [4.69, 9.17) is 5.26 Å². The van der Waals surface area contributed by atoms with Gasteiger partial charge in [0.15, 0.2) is 5.69 Å². The Hall–Kier alpha value is -1.54. The lowest BCUT2D eigenvalue weighted by atomic mass is 10.3. The molecule has 2 aromatic rings. The molecule has 4 nitrogen and oxygen atoms in total. The maximum absolute atomic E-state index is 8.79.